The summed E-state index contributed by atoms with van der Waals surface area (Å²) < 4.78 is 6.16. The van der Waals surface area contributed by atoms with Gasteiger partial charge in [0.25, 0.3) is 0 Å². The fourth-order valence-electron chi connectivity index (χ4n) is 3.64. The van der Waals surface area contributed by atoms with Crippen LogP contribution in [-0.2, 0) is 6.54 Å². The first-order valence-corrected chi connectivity index (χ1v) is 9.99. The Morgan fingerprint density at radius 1 is 1.10 bits per heavy atom. The highest BCUT2D eigenvalue weighted by Gasteiger charge is 2.16. The number of aryl methyl sites for hydroxylation is 1. The first-order chi connectivity index (χ1) is 14.5. The molecule has 0 atom stereocenters. The lowest BCUT2D eigenvalue weighted by Crippen LogP contribution is -2.44. The number of carbonyl (C=O) groups is 1. The van der Waals surface area contributed by atoms with Crippen LogP contribution >= 0.6 is 0 Å². The molecule has 0 radical (unpaired) electrons. The van der Waals surface area contributed by atoms with E-state index in [-0.39, 0.29) is 0 Å². The Hall–Kier alpha value is -3.23. The first-order valence-electron chi connectivity index (χ1n) is 9.99. The first kappa shape index (κ1) is 20.1. The van der Waals surface area contributed by atoms with Crippen molar-refractivity contribution < 1.29 is 9.53 Å². The second-order valence-corrected chi connectivity index (χ2v) is 7.59. The molecule has 1 aliphatic rings. The third kappa shape index (κ3) is 4.67. The van der Waals surface area contributed by atoms with E-state index in [2.05, 4.69) is 32.1 Å². The van der Waals surface area contributed by atoms with E-state index in [1.807, 2.05) is 43.3 Å². The summed E-state index contributed by atoms with van der Waals surface area (Å²) in [5.74, 6) is 1.92. The molecule has 1 aliphatic heterocycles. The van der Waals surface area contributed by atoms with Gasteiger partial charge in [0.1, 0.15) is 11.6 Å². The van der Waals surface area contributed by atoms with Crippen LogP contribution in [0.5, 0.6) is 11.6 Å². The summed E-state index contributed by atoms with van der Waals surface area (Å²) in [5.41, 5.74) is 6.79. The number of likely N-dealkylation sites (N-methyl/N-ethyl adjacent to an activating group) is 1. The van der Waals surface area contributed by atoms with Crippen LogP contribution in [0.3, 0.4) is 0 Å². The maximum atomic E-state index is 11.3. The zero-order valence-electron chi connectivity index (χ0n) is 17.3. The molecule has 30 heavy (non-hydrogen) atoms. The normalized spacial score (nSPS) is 15.3. The number of rotatable bonds is 5. The Morgan fingerprint density at radius 3 is 2.57 bits per heavy atom. The zero-order valence-corrected chi connectivity index (χ0v) is 17.3. The number of nitrogens with one attached hydrogen (secondary N) is 1. The highest BCUT2D eigenvalue weighted by molar-refractivity contribution is 6.03. The number of ether oxygens (including phenoxy) is 1. The molecule has 3 aromatic rings. The van der Waals surface area contributed by atoms with Crippen LogP contribution in [0.2, 0.25) is 0 Å². The van der Waals surface area contributed by atoms with Crippen molar-refractivity contribution in [2.75, 3.05) is 38.5 Å². The third-order valence-electron chi connectivity index (χ3n) is 5.19. The number of hydrogen-bond donors (Lipinski definition) is 2. The van der Waals surface area contributed by atoms with Gasteiger partial charge in [0.05, 0.1) is 12.2 Å². The Bertz CT molecular complexity index is 1060. The molecule has 4 rings (SSSR count). The Labute approximate surface area is 175 Å². The smallest absolute Gasteiger partial charge is 0.316 e. The average Bonchev–Trinajstić information content (AvgIpc) is 2.71. The second kappa shape index (κ2) is 8.64. The molecule has 1 aromatic heterocycles. The monoisotopic (exact) mass is 406 g/mol. The lowest BCUT2D eigenvalue weighted by molar-refractivity contribution is 0.145. The molecule has 0 spiro atoms. The van der Waals surface area contributed by atoms with E-state index in [1.165, 1.54) is 0 Å². The highest BCUT2D eigenvalue weighted by atomic mass is 16.5. The molecule has 2 amide bonds. The quantitative estimate of drug-likeness (QED) is 0.676. The number of amides is 2. The number of carbonyl (C=O) groups excluding carboxylic acids is 1. The number of aromatic nitrogens is 2. The molecule has 156 valence electrons. The largest absolute Gasteiger partial charge is 0.438 e. The summed E-state index contributed by atoms with van der Waals surface area (Å²) >= 11 is 0. The van der Waals surface area contributed by atoms with Gasteiger partial charge in [0.2, 0.25) is 5.88 Å². The van der Waals surface area contributed by atoms with Crippen LogP contribution in [0.1, 0.15) is 11.5 Å². The summed E-state index contributed by atoms with van der Waals surface area (Å²) in [6.45, 7) is 6.75. The van der Waals surface area contributed by atoms with Gasteiger partial charge in [0.15, 0.2) is 0 Å². The van der Waals surface area contributed by atoms with Gasteiger partial charge in [-0.3, -0.25) is 4.90 Å². The second-order valence-electron chi connectivity index (χ2n) is 7.59. The van der Waals surface area contributed by atoms with Crippen molar-refractivity contribution in [2.24, 2.45) is 5.73 Å². The molecule has 2 heterocycles. The van der Waals surface area contributed by atoms with Crippen molar-refractivity contribution in [2.45, 2.75) is 13.5 Å². The number of primary amides is 1. The van der Waals surface area contributed by atoms with Crippen LogP contribution in [0.25, 0.3) is 10.8 Å². The third-order valence-corrected chi connectivity index (χ3v) is 5.19. The Kier molecular flexibility index (Phi) is 5.78. The van der Waals surface area contributed by atoms with E-state index in [0.717, 1.165) is 48.5 Å². The maximum absolute atomic E-state index is 11.3. The van der Waals surface area contributed by atoms with E-state index >= 15 is 0 Å². The predicted molar refractivity (Wildman–Crippen MR) is 117 cm³/mol. The van der Waals surface area contributed by atoms with Gasteiger partial charge >= 0.3 is 6.03 Å². The van der Waals surface area contributed by atoms with Gasteiger partial charge in [0, 0.05) is 48.7 Å². The van der Waals surface area contributed by atoms with Crippen molar-refractivity contribution in [3.05, 3.63) is 54.0 Å². The summed E-state index contributed by atoms with van der Waals surface area (Å²) in [4.78, 5) is 25.2. The Morgan fingerprint density at radius 2 is 1.83 bits per heavy atom. The van der Waals surface area contributed by atoms with Crippen molar-refractivity contribution in [3.63, 3.8) is 0 Å². The van der Waals surface area contributed by atoms with Crippen LogP contribution < -0.4 is 15.8 Å². The summed E-state index contributed by atoms with van der Waals surface area (Å²) in [7, 11) is 2.14. The molecular formula is C22H26N6O2. The number of nitrogens with zero attached hydrogens (tertiary/aromatic N) is 4. The topological polar surface area (TPSA) is 96.6 Å². The molecule has 8 nitrogen and oxygen atoms in total. The lowest BCUT2D eigenvalue weighted by atomic mass is 10.1. The van der Waals surface area contributed by atoms with Gasteiger partial charge in [-0.15, -0.1) is 0 Å². The molecule has 0 bridgehead atoms. The average molecular weight is 406 g/mol. The van der Waals surface area contributed by atoms with E-state index in [0.29, 0.717) is 23.9 Å². The van der Waals surface area contributed by atoms with Crippen LogP contribution in [0.15, 0.2) is 42.5 Å². The van der Waals surface area contributed by atoms with E-state index in [4.69, 9.17) is 10.5 Å². The van der Waals surface area contributed by atoms with Crippen molar-refractivity contribution in [1.29, 1.82) is 0 Å². The van der Waals surface area contributed by atoms with E-state index < -0.39 is 6.03 Å². The van der Waals surface area contributed by atoms with E-state index in [1.54, 1.807) is 6.07 Å². The fourth-order valence-corrected chi connectivity index (χ4v) is 3.64. The lowest BCUT2D eigenvalue weighted by Gasteiger charge is -2.31. The predicted octanol–water partition coefficient (Wildman–Crippen LogP) is 2.97. The van der Waals surface area contributed by atoms with Gasteiger partial charge in [-0.25, -0.2) is 9.78 Å². The highest BCUT2D eigenvalue weighted by Crippen LogP contribution is 2.34. The molecule has 1 saturated heterocycles. The molecule has 2 aromatic carbocycles. The van der Waals surface area contributed by atoms with Crippen LogP contribution in [0, 0.1) is 6.92 Å². The van der Waals surface area contributed by atoms with Gasteiger partial charge in [-0.05, 0) is 26.1 Å². The van der Waals surface area contributed by atoms with Gasteiger partial charge in [-0.2, -0.15) is 4.98 Å². The minimum atomic E-state index is -0.603. The molecule has 0 aliphatic carbocycles. The molecule has 0 saturated carbocycles. The number of fused-ring (bicyclic) bond motifs is 1. The maximum Gasteiger partial charge on any atom is 0.316 e. The van der Waals surface area contributed by atoms with E-state index in [9.17, 15) is 4.79 Å². The minimum Gasteiger partial charge on any atom is -0.438 e. The molecule has 3 N–H and O–H groups in total. The number of piperazine rings is 1. The van der Waals surface area contributed by atoms with Crippen LogP contribution in [-0.4, -0.2) is 59.0 Å². The standard InChI is InChI=1S/C22H26N6O2/c1-15-13-21(26-20(24-15)14-28-11-9-27(2)10-12-28)30-19-8-7-18(25-22(23)29)16-5-3-4-6-17(16)19/h3-8,13H,9-12,14H2,1-2H3,(H3,23,25,29). The van der Waals surface area contributed by atoms with Crippen molar-refractivity contribution in [1.82, 2.24) is 19.8 Å². The number of nitrogens with two attached hydrogens (primary N) is 1. The van der Waals surface area contributed by atoms with Gasteiger partial charge < -0.3 is 20.7 Å². The summed E-state index contributed by atoms with van der Waals surface area (Å²) in [5, 5.41) is 4.36. The molecule has 0 unspecified atom stereocenters. The number of urea groups is 1. The Balaban J connectivity index is 1.59. The van der Waals surface area contributed by atoms with Crippen LogP contribution in [0.4, 0.5) is 10.5 Å². The molecular weight excluding hydrogens is 380 g/mol. The zero-order chi connectivity index (χ0) is 21.1. The van der Waals surface area contributed by atoms with Crippen molar-refractivity contribution >= 4 is 22.5 Å². The SMILES string of the molecule is Cc1cc(Oc2ccc(NC(N)=O)c3ccccc23)nc(CN2CCN(C)CC2)n1. The molecule has 8 heteroatoms. The molecule has 1 fully saturated rings. The summed E-state index contributed by atoms with van der Waals surface area (Å²) in [6.07, 6.45) is 0. The summed E-state index contributed by atoms with van der Waals surface area (Å²) in [6, 6.07) is 12.5. The number of hydrogen-bond acceptors (Lipinski definition) is 6. The number of benzene rings is 2. The van der Waals surface area contributed by atoms with Gasteiger partial charge in [-0.1, -0.05) is 24.3 Å². The number of anilines is 1. The fraction of sp³-hybridized carbons (Fsp3) is 0.318. The minimum absolute atomic E-state index is 0.507. The van der Waals surface area contributed by atoms with Crippen molar-refractivity contribution in [3.8, 4) is 11.6 Å².